The Hall–Kier alpha value is -1.07. The van der Waals surface area contributed by atoms with Gasteiger partial charge in [0.05, 0.1) is 11.9 Å². The Balaban J connectivity index is 2.20. The maximum Gasteiger partial charge on any atom is 0.271 e. The van der Waals surface area contributed by atoms with Gasteiger partial charge in [-0.3, -0.25) is 4.79 Å². The Morgan fingerprint density at radius 1 is 1.61 bits per heavy atom. The number of nitrogens with one attached hydrogen (secondary N) is 2. The molecule has 2 rings (SSSR count). The minimum atomic E-state index is -0.328. The number of nitrogens with zero attached hydrogens (tertiary/aromatic N) is 1. The summed E-state index contributed by atoms with van der Waals surface area (Å²) in [6.07, 6.45) is 5.58. The van der Waals surface area contributed by atoms with E-state index in [1.54, 1.807) is 0 Å². The highest BCUT2D eigenvalue weighted by Crippen LogP contribution is 2.34. The van der Waals surface area contributed by atoms with E-state index in [1.165, 1.54) is 6.33 Å². The maximum absolute atomic E-state index is 11.4. The van der Waals surface area contributed by atoms with E-state index in [2.05, 4.69) is 22.2 Å². The number of rotatable bonds is 3. The lowest BCUT2D eigenvalue weighted by molar-refractivity contribution is 0.271. The number of hydrogen-bond donors (Lipinski definition) is 3. The lowest BCUT2D eigenvalue weighted by Crippen LogP contribution is -2.48. The second-order valence-corrected chi connectivity index (χ2v) is 5.56. The predicted molar refractivity (Wildman–Crippen MR) is 72.9 cm³/mol. The van der Waals surface area contributed by atoms with Gasteiger partial charge < -0.3 is 16.0 Å². The molecule has 1 saturated carbocycles. The zero-order chi connectivity index (χ0) is 13.2. The molecule has 1 aliphatic carbocycles. The normalized spacial score (nSPS) is 28.1. The zero-order valence-electron chi connectivity index (χ0n) is 10.5. The minimum Gasteiger partial charge on any atom is -0.362 e. The van der Waals surface area contributed by atoms with E-state index in [0.29, 0.717) is 12.4 Å². The summed E-state index contributed by atoms with van der Waals surface area (Å²) in [5.41, 5.74) is 5.39. The van der Waals surface area contributed by atoms with E-state index < -0.39 is 0 Å². The van der Waals surface area contributed by atoms with Crippen molar-refractivity contribution in [2.75, 3.05) is 11.9 Å². The number of aromatic amines is 1. The van der Waals surface area contributed by atoms with Crippen molar-refractivity contribution in [1.82, 2.24) is 9.97 Å². The highest BCUT2D eigenvalue weighted by molar-refractivity contribution is 6.32. The molecule has 0 aliphatic heterocycles. The van der Waals surface area contributed by atoms with Crippen LogP contribution in [-0.4, -0.2) is 22.1 Å². The fourth-order valence-electron chi connectivity index (χ4n) is 2.42. The van der Waals surface area contributed by atoms with Crippen LogP contribution in [0.2, 0.25) is 5.02 Å². The summed E-state index contributed by atoms with van der Waals surface area (Å²) in [7, 11) is 0. The second-order valence-electron chi connectivity index (χ2n) is 5.19. The molecule has 1 fully saturated rings. The van der Waals surface area contributed by atoms with Crippen molar-refractivity contribution in [1.29, 1.82) is 0 Å². The van der Waals surface area contributed by atoms with Crippen molar-refractivity contribution >= 4 is 17.4 Å². The first-order valence-corrected chi connectivity index (χ1v) is 6.65. The van der Waals surface area contributed by atoms with Gasteiger partial charge in [-0.1, -0.05) is 18.5 Å². The van der Waals surface area contributed by atoms with Gasteiger partial charge in [-0.05, 0) is 31.6 Å². The van der Waals surface area contributed by atoms with Crippen LogP contribution in [-0.2, 0) is 0 Å². The van der Waals surface area contributed by atoms with E-state index in [0.717, 1.165) is 31.6 Å². The Morgan fingerprint density at radius 2 is 2.28 bits per heavy atom. The first kappa shape index (κ1) is 13.4. The molecule has 0 bridgehead atoms. The fraction of sp³-hybridized carbons (Fsp3) is 0.667. The van der Waals surface area contributed by atoms with Crippen LogP contribution in [0.1, 0.15) is 32.6 Å². The molecule has 1 aromatic rings. The molecule has 1 aliphatic rings. The molecule has 1 heterocycles. The van der Waals surface area contributed by atoms with Gasteiger partial charge in [0.2, 0.25) is 0 Å². The predicted octanol–water partition coefficient (Wildman–Crippen LogP) is 1.74. The summed E-state index contributed by atoms with van der Waals surface area (Å²) in [5.74, 6) is 1.16. The Kier molecular flexibility index (Phi) is 3.92. The van der Waals surface area contributed by atoms with Gasteiger partial charge in [-0.25, -0.2) is 4.98 Å². The maximum atomic E-state index is 11.4. The van der Waals surface area contributed by atoms with Crippen molar-refractivity contribution in [2.24, 2.45) is 11.7 Å². The molecule has 5 nitrogen and oxygen atoms in total. The molecular formula is C12H19ClN4O. The van der Waals surface area contributed by atoms with Crippen molar-refractivity contribution in [3.63, 3.8) is 0 Å². The third kappa shape index (κ3) is 2.67. The van der Waals surface area contributed by atoms with E-state index in [-0.39, 0.29) is 16.1 Å². The number of hydrogen-bond acceptors (Lipinski definition) is 4. The first-order valence-electron chi connectivity index (χ1n) is 6.28. The molecule has 1 aromatic heterocycles. The van der Waals surface area contributed by atoms with Gasteiger partial charge in [0.15, 0.2) is 5.82 Å². The average molecular weight is 271 g/mol. The van der Waals surface area contributed by atoms with Gasteiger partial charge in [-0.15, -0.1) is 0 Å². The molecular weight excluding hydrogens is 252 g/mol. The van der Waals surface area contributed by atoms with Crippen LogP contribution in [0.5, 0.6) is 0 Å². The highest BCUT2D eigenvalue weighted by Gasteiger charge is 2.33. The average Bonchev–Trinajstić information content (AvgIpc) is 2.38. The van der Waals surface area contributed by atoms with Crippen LogP contribution in [0.15, 0.2) is 11.1 Å². The van der Waals surface area contributed by atoms with Crippen LogP contribution >= 0.6 is 11.6 Å². The van der Waals surface area contributed by atoms with Crippen LogP contribution in [0, 0.1) is 5.92 Å². The van der Waals surface area contributed by atoms with Crippen molar-refractivity contribution in [3.8, 4) is 0 Å². The van der Waals surface area contributed by atoms with E-state index in [4.69, 9.17) is 17.3 Å². The van der Waals surface area contributed by atoms with E-state index in [1.807, 2.05) is 0 Å². The summed E-state index contributed by atoms with van der Waals surface area (Å²) in [6, 6.07) is 0. The smallest absolute Gasteiger partial charge is 0.271 e. The largest absolute Gasteiger partial charge is 0.362 e. The third-order valence-electron chi connectivity index (χ3n) is 3.80. The van der Waals surface area contributed by atoms with Crippen LogP contribution < -0.4 is 16.6 Å². The van der Waals surface area contributed by atoms with Gasteiger partial charge in [-0.2, -0.15) is 0 Å². The molecule has 4 N–H and O–H groups in total. The topological polar surface area (TPSA) is 83.8 Å². The SMILES string of the molecule is CC1CCC(CN)(Nc2nc[nH]c(=O)c2Cl)CC1. The molecule has 0 aromatic carbocycles. The van der Waals surface area contributed by atoms with Crippen LogP contribution in [0.4, 0.5) is 5.82 Å². The quantitative estimate of drug-likeness (QED) is 0.781. The van der Waals surface area contributed by atoms with Crippen molar-refractivity contribution in [2.45, 2.75) is 38.1 Å². The molecule has 18 heavy (non-hydrogen) atoms. The highest BCUT2D eigenvalue weighted by atomic mass is 35.5. The number of nitrogens with two attached hydrogens (primary N) is 1. The zero-order valence-corrected chi connectivity index (χ0v) is 11.3. The fourth-order valence-corrected chi connectivity index (χ4v) is 2.57. The van der Waals surface area contributed by atoms with E-state index >= 15 is 0 Å². The van der Waals surface area contributed by atoms with Gasteiger partial charge in [0.25, 0.3) is 5.56 Å². The Morgan fingerprint density at radius 3 is 2.89 bits per heavy atom. The lowest BCUT2D eigenvalue weighted by atomic mass is 9.77. The first-order chi connectivity index (χ1) is 8.56. The van der Waals surface area contributed by atoms with E-state index in [9.17, 15) is 4.79 Å². The summed E-state index contributed by atoms with van der Waals surface area (Å²) in [6.45, 7) is 2.77. The summed E-state index contributed by atoms with van der Waals surface area (Å²) in [5, 5.41) is 3.39. The molecule has 0 unspecified atom stereocenters. The Bertz CT molecular complexity index is 465. The third-order valence-corrected chi connectivity index (χ3v) is 4.15. The standard InChI is InChI=1S/C12H19ClN4O/c1-8-2-4-12(6-14,5-3-8)17-10-9(13)11(18)16-7-15-10/h7-8H,2-6,14H2,1H3,(H2,15,16,17,18). The van der Waals surface area contributed by atoms with Gasteiger partial charge in [0.1, 0.15) is 5.02 Å². The van der Waals surface area contributed by atoms with Crippen molar-refractivity contribution < 1.29 is 0 Å². The lowest BCUT2D eigenvalue weighted by Gasteiger charge is -2.39. The number of aromatic nitrogens is 2. The summed E-state index contributed by atoms with van der Waals surface area (Å²) in [4.78, 5) is 18.0. The number of halogens is 1. The van der Waals surface area contributed by atoms with Crippen LogP contribution in [0.25, 0.3) is 0 Å². The molecule has 0 amide bonds. The van der Waals surface area contributed by atoms with Crippen molar-refractivity contribution in [3.05, 3.63) is 21.7 Å². The Labute approximate surface area is 111 Å². The molecule has 100 valence electrons. The minimum absolute atomic E-state index is 0.101. The molecule has 6 heteroatoms. The van der Waals surface area contributed by atoms with Crippen LogP contribution in [0.3, 0.4) is 0 Å². The molecule has 0 spiro atoms. The summed E-state index contributed by atoms with van der Waals surface area (Å²) >= 11 is 5.95. The van der Waals surface area contributed by atoms with Gasteiger partial charge >= 0.3 is 0 Å². The second kappa shape index (κ2) is 5.28. The number of anilines is 1. The monoisotopic (exact) mass is 270 g/mol. The molecule has 0 radical (unpaired) electrons. The molecule has 0 saturated heterocycles. The molecule has 0 atom stereocenters. The summed E-state index contributed by atoms with van der Waals surface area (Å²) < 4.78 is 0. The van der Waals surface area contributed by atoms with Gasteiger partial charge in [0, 0.05) is 6.54 Å². The number of H-pyrrole nitrogens is 1.